The summed E-state index contributed by atoms with van der Waals surface area (Å²) in [4.78, 5) is 2.13. The van der Waals surface area contributed by atoms with Crippen LogP contribution in [0.2, 0.25) is 0 Å². The summed E-state index contributed by atoms with van der Waals surface area (Å²) in [7, 11) is 0. The summed E-state index contributed by atoms with van der Waals surface area (Å²) in [5, 5.41) is 20.9. The molecule has 2 atom stereocenters. The van der Waals surface area contributed by atoms with Crippen LogP contribution in [-0.2, 0) is 13.1 Å². The number of nitriles is 1. The van der Waals surface area contributed by atoms with Crippen molar-refractivity contribution in [2.45, 2.75) is 57.3 Å². The number of aliphatic hydroxyl groups excluding tert-OH is 1. The molecular formula is C23H28N2O. The molecule has 0 aliphatic heterocycles. The topological polar surface area (TPSA) is 47.3 Å². The Morgan fingerprint density at radius 1 is 0.885 bits per heavy atom. The average molecular weight is 348 g/mol. The van der Waals surface area contributed by atoms with E-state index in [0.29, 0.717) is 13.1 Å². The minimum Gasteiger partial charge on any atom is -0.390 e. The summed E-state index contributed by atoms with van der Waals surface area (Å²) in [5.74, 6) is 0.238. The predicted molar refractivity (Wildman–Crippen MR) is 104 cm³/mol. The molecule has 3 nitrogen and oxygen atoms in total. The van der Waals surface area contributed by atoms with Gasteiger partial charge in [0.1, 0.15) is 6.04 Å². The second-order valence-corrected chi connectivity index (χ2v) is 7.34. The number of benzene rings is 2. The van der Waals surface area contributed by atoms with Gasteiger partial charge >= 0.3 is 0 Å². The highest BCUT2D eigenvalue weighted by molar-refractivity contribution is 5.18. The third kappa shape index (κ3) is 4.94. The van der Waals surface area contributed by atoms with Crippen molar-refractivity contribution >= 4 is 0 Å². The van der Waals surface area contributed by atoms with Crippen LogP contribution >= 0.6 is 0 Å². The number of aliphatic hydroxyl groups is 1. The standard InChI is InChI=1S/C23H28N2O/c24-16-22(23(26)21-14-8-3-9-15-21)25(17-19-10-4-1-5-11-19)18-20-12-6-2-7-13-20/h1-2,4-7,10-13,21-23,26H,3,8-9,14-15,17-18H2/t22-,23-/m1/s1. The first kappa shape index (κ1) is 18.6. The van der Waals surface area contributed by atoms with Crippen LogP contribution in [0, 0.1) is 17.2 Å². The van der Waals surface area contributed by atoms with Gasteiger partial charge in [0, 0.05) is 13.1 Å². The first-order valence-electron chi connectivity index (χ1n) is 9.67. The molecule has 0 spiro atoms. The van der Waals surface area contributed by atoms with Crippen LogP contribution < -0.4 is 0 Å². The zero-order valence-electron chi connectivity index (χ0n) is 15.3. The minimum atomic E-state index is -0.590. The van der Waals surface area contributed by atoms with E-state index >= 15 is 0 Å². The monoisotopic (exact) mass is 348 g/mol. The lowest BCUT2D eigenvalue weighted by Crippen LogP contribution is -2.45. The number of hydrogen-bond donors (Lipinski definition) is 1. The summed E-state index contributed by atoms with van der Waals surface area (Å²) in [6.45, 7) is 1.33. The van der Waals surface area contributed by atoms with Gasteiger partial charge in [-0.25, -0.2) is 0 Å². The SMILES string of the molecule is N#C[C@H]([C@H](O)C1CCCCC1)N(Cc1ccccc1)Cc1ccccc1. The molecule has 1 N–H and O–H groups in total. The summed E-state index contributed by atoms with van der Waals surface area (Å²) in [5.41, 5.74) is 2.33. The van der Waals surface area contributed by atoms with Crippen molar-refractivity contribution in [3.8, 4) is 6.07 Å². The number of rotatable bonds is 7. The maximum Gasteiger partial charge on any atom is 0.125 e. The lowest BCUT2D eigenvalue weighted by Gasteiger charge is -2.35. The summed E-state index contributed by atoms with van der Waals surface area (Å²) in [6, 6.07) is 22.4. The molecule has 0 radical (unpaired) electrons. The van der Waals surface area contributed by atoms with Crippen molar-refractivity contribution < 1.29 is 5.11 Å². The Labute approximate surface area is 156 Å². The van der Waals surface area contributed by atoms with E-state index in [0.717, 1.165) is 25.7 Å². The van der Waals surface area contributed by atoms with Gasteiger partial charge < -0.3 is 5.11 Å². The van der Waals surface area contributed by atoms with E-state index in [-0.39, 0.29) is 5.92 Å². The average Bonchev–Trinajstić information content (AvgIpc) is 2.70. The zero-order valence-corrected chi connectivity index (χ0v) is 15.3. The Bertz CT molecular complexity index is 648. The lowest BCUT2D eigenvalue weighted by molar-refractivity contribution is 0.0142. The molecule has 1 aliphatic carbocycles. The van der Waals surface area contributed by atoms with Crippen molar-refractivity contribution in [3.63, 3.8) is 0 Å². The maximum atomic E-state index is 11.0. The Hall–Kier alpha value is -2.15. The van der Waals surface area contributed by atoms with Gasteiger partial charge in [-0.2, -0.15) is 5.26 Å². The van der Waals surface area contributed by atoms with Crippen LogP contribution in [0.5, 0.6) is 0 Å². The van der Waals surface area contributed by atoms with Gasteiger partial charge in [0.2, 0.25) is 0 Å². The summed E-state index contributed by atoms with van der Waals surface area (Å²) >= 11 is 0. The highest BCUT2D eigenvalue weighted by Crippen LogP contribution is 2.30. The fourth-order valence-electron chi connectivity index (χ4n) is 4.00. The predicted octanol–water partition coefficient (Wildman–Crippen LogP) is 4.52. The fraction of sp³-hybridized carbons (Fsp3) is 0.435. The Morgan fingerprint density at radius 3 is 1.85 bits per heavy atom. The Balaban J connectivity index is 1.80. The Morgan fingerprint density at radius 2 is 1.38 bits per heavy atom. The molecule has 0 amide bonds. The van der Waals surface area contributed by atoms with Crippen molar-refractivity contribution in [2.24, 2.45) is 5.92 Å². The molecule has 1 aliphatic rings. The largest absolute Gasteiger partial charge is 0.390 e. The third-order valence-electron chi connectivity index (χ3n) is 5.44. The first-order chi connectivity index (χ1) is 12.8. The molecule has 26 heavy (non-hydrogen) atoms. The van der Waals surface area contributed by atoms with E-state index in [1.165, 1.54) is 17.5 Å². The molecule has 136 valence electrons. The highest BCUT2D eigenvalue weighted by atomic mass is 16.3. The van der Waals surface area contributed by atoms with Gasteiger partial charge in [-0.3, -0.25) is 4.90 Å². The van der Waals surface area contributed by atoms with Crippen LogP contribution in [0.25, 0.3) is 0 Å². The zero-order chi connectivity index (χ0) is 18.2. The molecular weight excluding hydrogens is 320 g/mol. The fourth-order valence-corrected chi connectivity index (χ4v) is 4.00. The normalized spacial score (nSPS) is 17.6. The molecule has 2 aromatic carbocycles. The van der Waals surface area contributed by atoms with Crippen molar-refractivity contribution in [2.75, 3.05) is 0 Å². The first-order valence-corrected chi connectivity index (χ1v) is 9.67. The molecule has 0 aromatic heterocycles. The number of hydrogen-bond acceptors (Lipinski definition) is 3. The van der Waals surface area contributed by atoms with Gasteiger partial charge in [-0.05, 0) is 29.9 Å². The Kier molecular flexibility index (Phi) is 6.82. The van der Waals surface area contributed by atoms with Gasteiger partial charge in [0.05, 0.1) is 12.2 Å². The molecule has 1 fully saturated rings. The molecule has 0 unspecified atom stereocenters. The molecule has 0 bridgehead atoms. The highest BCUT2D eigenvalue weighted by Gasteiger charge is 2.33. The van der Waals surface area contributed by atoms with Crippen molar-refractivity contribution in [1.82, 2.24) is 4.90 Å². The van der Waals surface area contributed by atoms with Crippen LogP contribution in [0.1, 0.15) is 43.2 Å². The molecule has 0 heterocycles. The third-order valence-corrected chi connectivity index (χ3v) is 5.44. The molecule has 0 saturated heterocycles. The second-order valence-electron chi connectivity index (χ2n) is 7.34. The second kappa shape index (κ2) is 9.52. The van der Waals surface area contributed by atoms with E-state index in [1.54, 1.807) is 0 Å². The van der Waals surface area contributed by atoms with Gasteiger partial charge in [-0.1, -0.05) is 79.9 Å². The van der Waals surface area contributed by atoms with Gasteiger partial charge in [0.25, 0.3) is 0 Å². The summed E-state index contributed by atoms with van der Waals surface area (Å²) in [6.07, 6.45) is 5.05. The van der Waals surface area contributed by atoms with Crippen molar-refractivity contribution in [1.29, 1.82) is 5.26 Å². The summed E-state index contributed by atoms with van der Waals surface area (Å²) < 4.78 is 0. The van der Waals surface area contributed by atoms with Crippen LogP contribution in [-0.4, -0.2) is 22.2 Å². The quantitative estimate of drug-likeness (QED) is 0.800. The van der Waals surface area contributed by atoms with Crippen LogP contribution in [0.15, 0.2) is 60.7 Å². The minimum absolute atomic E-state index is 0.238. The van der Waals surface area contributed by atoms with Gasteiger partial charge in [0.15, 0.2) is 0 Å². The molecule has 3 rings (SSSR count). The van der Waals surface area contributed by atoms with E-state index in [4.69, 9.17) is 0 Å². The van der Waals surface area contributed by atoms with Crippen molar-refractivity contribution in [3.05, 3.63) is 71.8 Å². The van der Waals surface area contributed by atoms with E-state index in [9.17, 15) is 10.4 Å². The molecule has 1 saturated carbocycles. The van der Waals surface area contributed by atoms with E-state index < -0.39 is 12.1 Å². The molecule has 3 heteroatoms. The smallest absolute Gasteiger partial charge is 0.125 e. The van der Waals surface area contributed by atoms with E-state index in [2.05, 4.69) is 35.2 Å². The number of nitrogens with zero attached hydrogens (tertiary/aromatic N) is 2. The van der Waals surface area contributed by atoms with Crippen LogP contribution in [0.3, 0.4) is 0 Å². The lowest BCUT2D eigenvalue weighted by atomic mass is 9.82. The van der Waals surface area contributed by atoms with E-state index in [1.807, 2.05) is 36.4 Å². The van der Waals surface area contributed by atoms with Gasteiger partial charge in [-0.15, -0.1) is 0 Å². The van der Waals surface area contributed by atoms with Crippen LogP contribution in [0.4, 0.5) is 0 Å². The molecule has 2 aromatic rings. The maximum absolute atomic E-state index is 11.0.